The van der Waals surface area contributed by atoms with E-state index >= 15 is 0 Å². The molecule has 2 heterocycles. The summed E-state index contributed by atoms with van der Waals surface area (Å²) < 4.78 is 5.70. The topological polar surface area (TPSA) is 87.6 Å². The number of carbonyl (C=O) groups excluding carboxylic acids is 1. The molecule has 0 spiro atoms. The normalized spacial score (nSPS) is 16.1. The van der Waals surface area contributed by atoms with Crippen LogP contribution in [0.25, 0.3) is 0 Å². The first-order valence-corrected chi connectivity index (χ1v) is 9.61. The van der Waals surface area contributed by atoms with Gasteiger partial charge < -0.3 is 20.7 Å². The maximum Gasteiger partial charge on any atom is 0.225 e. The number of rotatable bonds is 7. The van der Waals surface area contributed by atoms with Crippen LogP contribution in [0.4, 0.5) is 5.69 Å². The molecule has 0 aliphatic carbocycles. The number of fused-ring (bicyclic) bond motifs is 1. The Hall–Kier alpha value is -3.09. The first-order valence-electron chi connectivity index (χ1n) is 9.61. The van der Waals surface area contributed by atoms with Crippen molar-refractivity contribution >= 4 is 17.6 Å². The molecule has 0 bridgehead atoms. The predicted octanol–water partition coefficient (Wildman–Crippen LogP) is 2.66. The second-order valence-electron chi connectivity index (χ2n) is 6.66. The number of pyridine rings is 1. The van der Waals surface area contributed by atoms with Crippen molar-refractivity contribution in [3.05, 3.63) is 53.7 Å². The van der Waals surface area contributed by atoms with Crippen LogP contribution in [-0.4, -0.2) is 37.1 Å². The molecule has 2 aromatic rings. The van der Waals surface area contributed by atoms with Crippen LogP contribution < -0.4 is 20.7 Å². The van der Waals surface area contributed by atoms with E-state index in [1.165, 1.54) is 0 Å². The lowest BCUT2D eigenvalue weighted by Crippen LogP contribution is -2.40. The van der Waals surface area contributed by atoms with Crippen molar-refractivity contribution in [1.82, 2.24) is 15.6 Å². The van der Waals surface area contributed by atoms with Crippen molar-refractivity contribution in [2.75, 3.05) is 25.5 Å². The van der Waals surface area contributed by atoms with Gasteiger partial charge in [-0.15, -0.1) is 0 Å². The summed E-state index contributed by atoms with van der Waals surface area (Å²) in [4.78, 5) is 20.6. The third-order valence-corrected chi connectivity index (χ3v) is 4.59. The van der Waals surface area contributed by atoms with Gasteiger partial charge in [-0.1, -0.05) is 31.2 Å². The summed E-state index contributed by atoms with van der Waals surface area (Å²) in [6, 6.07) is 11.8. The summed E-state index contributed by atoms with van der Waals surface area (Å²) in [5.41, 5.74) is 3.01. The Bertz CT molecular complexity index is 837. The van der Waals surface area contributed by atoms with Crippen molar-refractivity contribution in [3.8, 4) is 5.88 Å². The number of aliphatic imine (C=N–C) groups is 1. The van der Waals surface area contributed by atoms with Gasteiger partial charge in [0.15, 0.2) is 5.96 Å². The van der Waals surface area contributed by atoms with Crippen LogP contribution in [0.3, 0.4) is 0 Å². The van der Waals surface area contributed by atoms with Crippen LogP contribution in [0, 0.1) is 0 Å². The van der Waals surface area contributed by atoms with Crippen LogP contribution in [0.15, 0.2) is 47.6 Å². The smallest absolute Gasteiger partial charge is 0.225 e. The van der Waals surface area contributed by atoms with Gasteiger partial charge in [-0.05, 0) is 24.1 Å². The lowest BCUT2D eigenvalue weighted by molar-refractivity contribution is -0.116. The first-order chi connectivity index (χ1) is 13.7. The second kappa shape index (κ2) is 9.73. The standard InChI is InChI=1S/C21H27N5O2/c1-3-11-28-20-15(7-6-10-23-20)13-24-21(22-2)25-14-16-12-19(27)26-18-9-5-4-8-17(16)18/h4-10,16H,3,11-14H2,1-2H3,(H,26,27)(H2,22,24,25). The number of carbonyl (C=O) groups is 1. The van der Waals surface area contributed by atoms with Crippen molar-refractivity contribution in [2.24, 2.45) is 4.99 Å². The minimum Gasteiger partial charge on any atom is -0.477 e. The highest BCUT2D eigenvalue weighted by Crippen LogP contribution is 2.31. The van der Waals surface area contributed by atoms with Crippen LogP contribution >= 0.6 is 0 Å². The highest BCUT2D eigenvalue weighted by molar-refractivity contribution is 5.94. The van der Waals surface area contributed by atoms with Crippen LogP contribution in [0.2, 0.25) is 0 Å². The number of amides is 1. The SMILES string of the molecule is CCCOc1ncccc1CNC(=NC)NCC1CC(=O)Nc2ccccc21. The van der Waals surface area contributed by atoms with E-state index in [1.807, 2.05) is 30.3 Å². The van der Waals surface area contributed by atoms with Crippen LogP contribution in [0.5, 0.6) is 5.88 Å². The second-order valence-corrected chi connectivity index (χ2v) is 6.66. The van der Waals surface area contributed by atoms with E-state index in [4.69, 9.17) is 4.74 Å². The van der Waals surface area contributed by atoms with Gasteiger partial charge in [0.1, 0.15) is 0 Å². The zero-order valence-electron chi connectivity index (χ0n) is 16.4. The molecule has 3 N–H and O–H groups in total. The monoisotopic (exact) mass is 381 g/mol. The number of anilines is 1. The molecule has 0 saturated carbocycles. The van der Waals surface area contributed by atoms with Gasteiger partial charge in [0, 0.05) is 49.9 Å². The lowest BCUT2D eigenvalue weighted by atomic mass is 9.90. The number of hydrogen-bond donors (Lipinski definition) is 3. The number of ether oxygens (including phenoxy) is 1. The zero-order valence-corrected chi connectivity index (χ0v) is 16.4. The Morgan fingerprint density at radius 1 is 1.29 bits per heavy atom. The van der Waals surface area contributed by atoms with Gasteiger partial charge in [0.2, 0.25) is 11.8 Å². The molecular weight excluding hydrogens is 354 g/mol. The highest BCUT2D eigenvalue weighted by Gasteiger charge is 2.24. The highest BCUT2D eigenvalue weighted by atomic mass is 16.5. The molecule has 3 rings (SSSR count). The summed E-state index contributed by atoms with van der Waals surface area (Å²) in [5.74, 6) is 1.46. The average Bonchev–Trinajstić information content (AvgIpc) is 2.72. The fourth-order valence-electron chi connectivity index (χ4n) is 3.19. The van der Waals surface area contributed by atoms with Gasteiger partial charge in [0.25, 0.3) is 0 Å². The molecule has 0 radical (unpaired) electrons. The summed E-state index contributed by atoms with van der Waals surface area (Å²) in [5, 5.41) is 9.55. The quantitative estimate of drug-likeness (QED) is 0.507. The summed E-state index contributed by atoms with van der Waals surface area (Å²) in [6.45, 7) is 3.88. The average molecular weight is 381 g/mol. The number of hydrogen-bond acceptors (Lipinski definition) is 4. The maximum atomic E-state index is 12.0. The lowest BCUT2D eigenvalue weighted by Gasteiger charge is -2.26. The van der Waals surface area contributed by atoms with E-state index in [9.17, 15) is 4.79 Å². The van der Waals surface area contributed by atoms with E-state index < -0.39 is 0 Å². The Balaban J connectivity index is 1.58. The van der Waals surface area contributed by atoms with E-state index in [2.05, 4.69) is 38.9 Å². The predicted molar refractivity (Wildman–Crippen MR) is 111 cm³/mol. The molecule has 0 saturated heterocycles. The minimum absolute atomic E-state index is 0.0431. The third kappa shape index (κ3) is 5.00. The largest absolute Gasteiger partial charge is 0.477 e. The number of guanidine groups is 1. The van der Waals surface area contributed by atoms with Gasteiger partial charge in [0.05, 0.1) is 6.61 Å². The molecule has 28 heavy (non-hydrogen) atoms. The van der Waals surface area contributed by atoms with Crippen LogP contribution in [-0.2, 0) is 11.3 Å². The molecule has 1 aromatic carbocycles. The van der Waals surface area contributed by atoms with E-state index in [0.29, 0.717) is 38.0 Å². The van der Waals surface area contributed by atoms with Gasteiger partial charge >= 0.3 is 0 Å². The summed E-state index contributed by atoms with van der Waals surface area (Å²) >= 11 is 0. The number of para-hydroxylation sites is 1. The van der Waals surface area contributed by atoms with Crippen molar-refractivity contribution < 1.29 is 9.53 Å². The van der Waals surface area contributed by atoms with Crippen molar-refractivity contribution in [1.29, 1.82) is 0 Å². The Morgan fingerprint density at radius 3 is 2.96 bits per heavy atom. The third-order valence-electron chi connectivity index (χ3n) is 4.59. The first kappa shape index (κ1) is 19.7. The van der Waals surface area contributed by atoms with E-state index in [0.717, 1.165) is 23.2 Å². The molecule has 1 aromatic heterocycles. The number of aromatic nitrogens is 1. The molecular formula is C21H27N5O2. The number of nitrogens with one attached hydrogen (secondary N) is 3. The van der Waals surface area contributed by atoms with E-state index in [1.54, 1.807) is 13.2 Å². The fourth-order valence-corrected chi connectivity index (χ4v) is 3.19. The van der Waals surface area contributed by atoms with Gasteiger partial charge in [-0.2, -0.15) is 0 Å². The molecule has 1 aliphatic heterocycles. The van der Waals surface area contributed by atoms with Crippen LogP contribution in [0.1, 0.15) is 36.8 Å². The summed E-state index contributed by atoms with van der Waals surface area (Å²) in [7, 11) is 1.73. The van der Waals surface area contributed by atoms with Gasteiger partial charge in [-0.25, -0.2) is 4.98 Å². The molecule has 1 unspecified atom stereocenters. The maximum absolute atomic E-state index is 12.0. The minimum atomic E-state index is 0.0431. The molecule has 7 heteroatoms. The molecule has 148 valence electrons. The molecule has 1 atom stereocenters. The number of nitrogens with zero attached hydrogens (tertiary/aromatic N) is 2. The Morgan fingerprint density at radius 2 is 2.14 bits per heavy atom. The zero-order chi connectivity index (χ0) is 19.8. The Kier molecular flexibility index (Phi) is 6.84. The molecule has 1 amide bonds. The van der Waals surface area contributed by atoms with Gasteiger partial charge in [-0.3, -0.25) is 9.79 Å². The molecule has 7 nitrogen and oxygen atoms in total. The number of benzene rings is 1. The van der Waals surface area contributed by atoms with E-state index in [-0.39, 0.29) is 11.8 Å². The molecule has 0 fully saturated rings. The van der Waals surface area contributed by atoms with Crippen molar-refractivity contribution in [2.45, 2.75) is 32.2 Å². The fraction of sp³-hybridized carbons (Fsp3) is 0.381. The Labute approximate surface area is 165 Å². The van der Waals surface area contributed by atoms with Crippen molar-refractivity contribution in [3.63, 3.8) is 0 Å². The summed E-state index contributed by atoms with van der Waals surface area (Å²) in [6.07, 6.45) is 3.12. The molecule has 1 aliphatic rings.